The highest BCUT2D eigenvalue weighted by molar-refractivity contribution is 7.47. The first kappa shape index (κ1) is 87.1. The van der Waals surface area contributed by atoms with E-state index < -0.39 is 97.5 Å². The number of carbonyl (C=O) groups is 4. The standard InChI is InChI=1S/C70H136O17P2/c1-8-10-11-12-13-14-15-18-22-25-28-37-44-51-67(72)80-57-65(86-69(74)53-46-39-29-26-23-20-17-16-19-21-24-27-36-43-50-63(7)9-2)59-84-88(76,77)82-55-64(71)56-83-89(78,79)85-60-66(87-70(75)54-47-40-33-31-35-42-49-62(5)6)58-81-68(73)52-45-38-32-30-34-41-48-61(3)4/h61-66,71H,8-60H2,1-7H3,(H,76,77)(H,78,79)/t63?,64-,65-,66-/m1/s1. The molecule has 0 rings (SSSR count). The molecule has 6 atom stereocenters. The SMILES string of the molecule is CCCCCCCCCCCCCCCC(=O)OC[C@H](COP(=O)(O)OC[C@@H](O)COP(=O)(O)OC[C@@H](COC(=O)CCCCCCCCC(C)C)OC(=O)CCCCCCCCC(C)C)OC(=O)CCCCCCCCCCCCCCCCC(C)CC. The molecule has 17 nitrogen and oxygen atoms in total. The Morgan fingerprint density at radius 2 is 0.573 bits per heavy atom. The van der Waals surface area contributed by atoms with Crippen LogP contribution in [0, 0.1) is 17.8 Å². The minimum absolute atomic E-state index is 0.101. The summed E-state index contributed by atoms with van der Waals surface area (Å²) < 4.78 is 68.2. The van der Waals surface area contributed by atoms with Gasteiger partial charge in [0.15, 0.2) is 12.2 Å². The lowest BCUT2D eigenvalue weighted by Crippen LogP contribution is -2.30. The van der Waals surface area contributed by atoms with Crippen molar-refractivity contribution >= 4 is 39.5 Å². The van der Waals surface area contributed by atoms with E-state index in [4.69, 9.17) is 37.0 Å². The number of hydrogen-bond acceptors (Lipinski definition) is 15. The molecule has 89 heavy (non-hydrogen) atoms. The molecule has 0 heterocycles. The van der Waals surface area contributed by atoms with Crippen LogP contribution in [0.15, 0.2) is 0 Å². The van der Waals surface area contributed by atoms with Crippen LogP contribution in [0.5, 0.6) is 0 Å². The Bertz CT molecular complexity index is 1750. The largest absolute Gasteiger partial charge is 0.472 e. The third kappa shape index (κ3) is 63.2. The van der Waals surface area contributed by atoms with Crippen molar-refractivity contribution in [3.05, 3.63) is 0 Å². The number of carbonyl (C=O) groups excluding carboxylic acids is 4. The second-order valence-electron chi connectivity index (χ2n) is 26.5. The molecule has 0 aromatic heterocycles. The summed E-state index contributed by atoms with van der Waals surface area (Å²) in [6.45, 7) is 11.7. The number of unbranched alkanes of at least 4 members (excludes halogenated alkanes) is 35. The Hall–Kier alpha value is -1.94. The fraction of sp³-hybridized carbons (Fsp3) is 0.943. The van der Waals surface area contributed by atoms with Gasteiger partial charge in [0, 0.05) is 25.7 Å². The molecule has 0 saturated heterocycles. The first-order chi connectivity index (χ1) is 42.8. The maximum absolute atomic E-state index is 13.0. The molecule has 0 aliphatic heterocycles. The minimum atomic E-state index is -4.95. The molecule has 0 aromatic carbocycles. The van der Waals surface area contributed by atoms with Crippen molar-refractivity contribution in [1.29, 1.82) is 0 Å². The predicted molar refractivity (Wildman–Crippen MR) is 358 cm³/mol. The van der Waals surface area contributed by atoms with Crippen LogP contribution in [0.3, 0.4) is 0 Å². The lowest BCUT2D eigenvalue weighted by molar-refractivity contribution is -0.161. The van der Waals surface area contributed by atoms with E-state index in [0.717, 1.165) is 102 Å². The Morgan fingerprint density at radius 3 is 0.854 bits per heavy atom. The number of aliphatic hydroxyl groups excluding tert-OH is 1. The molecule has 0 fully saturated rings. The second kappa shape index (κ2) is 61.0. The number of aliphatic hydroxyl groups is 1. The molecule has 0 amide bonds. The van der Waals surface area contributed by atoms with Gasteiger partial charge in [-0.2, -0.15) is 0 Å². The van der Waals surface area contributed by atoms with Gasteiger partial charge in [0.05, 0.1) is 26.4 Å². The van der Waals surface area contributed by atoms with E-state index in [1.54, 1.807) is 0 Å². The Labute approximate surface area is 543 Å². The highest BCUT2D eigenvalue weighted by Crippen LogP contribution is 2.45. The lowest BCUT2D eigenvalue weighted by Gasteiger charge is -2.21. The molecule has 0 saturated carbocycles. The smallest absolute Gasteiger partial charge is 0.462 e. The minimum Gasteiger partial charge on any atom is -0.462 e. The maximum atomic E-state index is 13.0. The summed E-state index contributed by atoms with van der Waals surface area (Å²) in [6, 6.07) is 0. The zero-order chi connectivity index (χ0) is 65.9. The number of ether oxygens (including phenoxy) is 4. The van der Waals surface area contributed by atoms with Crippen molar-refractivity contribution < 1.29 is 80.2 Å². The monoisotopic (exact) mass is 1310 g/mol. The van der Waals surface area contributed by atoms with Gasteiger partial charge in [0.2, 0.25) is 0 Å². The average Bonchev–Trinajstić information content (AvgIpc) is 3.52. The van der Waals surface area contributed by atoms with E-state index in [0.29, 0.717) is 37.5 Å². The van der Waals surface area contributed by atoms with Crippen LogP contribution in [-0.4, -0.2) is 96.7 Å². The number of phosphoric ester groups is 2. The summed E-state index contributed by atoms with van der Waals surface area (Å²) in [5.41, 5.74) is 0. The summed E-state index contributed by atoms with van der Waals surface area (Å²) in [4.78, 5) is 72.4. The van der Waals surface area contributed by atoms with Gasteiger partial charge in [0.25, 0.3) is 0 Å². The van der Waals surface area contributed by atoms with E-state index in [1.807, 2.05) is 0 Å². The topological polar surface area (TPSA) is 237 Å². The van der Waals surface area contributed by atoms with Gasteiger partial charge >= 0.3 is 39.5 Å². The van der Waals surface area contributed by atoms with E-state index in [-0.39, 0.29) is 25.7 Å². The number of rotatable bonds is 68. The maximum Gasteiger partial charge on any atom is 0.472 e. The van der Waals surface area contributed by atoms with Gasteiger partial charge in [-0.05, 0) is 43.4 Å². The van der Waals surface area contributed by atoms with Gasteiger partial charge in [-0.1, -0.05) is 299 Å². The van der Waals surface area contributed by atoms with Crippen molar-refractivity contribution in [2.24, 2.45) is 17.8 Å². The van der Waals surface area contributed by atoms with Crippen LogP contribution in [0.2, 0.25) is 0 Å². The van der Waals surface area contributed by atoms with E-state index in [9.17, 15) is 43.2 Å². The molecule has 0 bridgehead atoms. The van der Waals surface area contributed by atoms with Crippen LogP contribution >= 0.6 is 15.6 Å². The summed E-state index contributed by atoms with van der Waals surface area (Å²) in [6.07, 6.45) is 44.7. The fourth-order valence-electron chi connectivity index (χ4n) is 10.5. The van der Waals surface area contributed by atoms with Crippen LogP contribution < -0.4 is 0 Å². The second-order valence-corrected chi connectivity index (χ2v) is 29.4. The van der Waals surface area contributed by atoms with Crippen molar-refractivity contribution in [2.75, 3.05) is 39.6 Å². The van der Waals surface area contributed by atoms with Crippen LogP contribution in [-0.2, 0) is 65.4 Å². The summed E-state index contributed by atoms with van der Waals surface area (Å²) in [5, 5.41) is 10.6. The van der Waals surface area contributed by atoms with Crippen LogP contribution in [0.1, 0.15) is 350 Å². The van der Waals surface area contributed by atoms with E-state index >= 15 is 0 Å². The highest BCUT2D eigenvalue weighted by Gasteiger charge is 2.30. The third-order valence-electron chi connectivity index (χ3n) is 16.5. The van der Waals surface area contributed by atoms with Gasteiger partial charge in [-0.25, -0.2) is 9.13 Å². The molecular weight excluding hydrogens is 1170 g/mol. The van der Waals surface area contributed by atoms with E-state index in [1.165, 1.54) is 154 Å². The zero-order valence-corrected chi connectivity index (χ0v) is 59.7. The molecule has 0 aliphatic carbocycles. The van der Waals surface area contributed by atoms with Gasteiger partial charge in [-0.3, -0.25) is 37.3 Å². The number of phosphoric acid groups is 2. The molecule has 3 unspecified atom stereocenters. The molecule has 0 spiro atoms. The number of hydrogen-bond donors (Lipinski definition) is 3. The normalized spacial score (nSPS) is 14.5. The molecular formula is C70H136O17P2. The molecule has 0 radical (unpaired) electrons. The summed E-state index contributed by atoms with van der Waals surface area (Å²) >= 11 is 0. The van der Waals surface area contributed by atoms with Gasteiger partial charge in [-0.15, -0.1) is 0 Å². The van der Waals surface area contributed by atoms with Gasteiger partial charge < -0.3 is 33.8 Å². The average molecular weight is 1310 g/mol. The predicted octanol–water partition coefficient (Wildman–Crippen LogP) is 19.8. The molecule has 528 valence electrons. The fourth-order valence-corrected chi connectivity index (χ4v) is 12.1. The quantitative estimate of drug-likeness (QED) is 0.0222. The van der Waals surface area contributed by atoms with Gasteiger partial charge in [0.1, 0.15) is 19.3 Å². The lowest BCUT2D eigenvalue weighted by atomic mass is 9.99. The van der Waals surface area contributed by atoms with Crippen molar-refractivity contribution in [3.8, 4) is 0 Å². The van der Waals surface area contributed by atoms with Crippen molar-refractivity contribution in [1.82, 2.24) is 0 Å². The van der Waals surface area contributed by atoms with Crippen LogP contribution in [0.4, 0.5) is 0 Å². The first-order valence-corrected chi connectivity index (χ1v) is 39.4. The Morgan fingerprint density at radius 1 is 0.326 bits per heavy atom. The Balaban J connectivity index is 5.21. The molecule has 3 N–H and O–H groups in total. The summed E-state index contributed by atoms with van der Waals surface area (Å²) in [7, 11) is -9.90. The molecule has 19 heteroatoms. The number of esters is 4. The Kier molecular flexibility index (Phi) is 59.6. The summed E-state index contributed by atoms with van der Waals surface area (Å²) in [5.74, 6) is 0.0628. The van der Waals surface area contributed by atoms with Crippen LogP contribution in [0.25, 0.3) is 0 Å². The first-order valence-electron chi connectivity index (χ1n) is 36.4. The highest BCUT2D eigenvalue weighted by atomic mass is 31.2. The zero-order valence-electron chi connectivity index (χ0n) is 57.9. The third-order valence-corrected chi connectivity index (χ3v) is 18.4. The molecule has 0 aromatic rings. The van der Waals surface area contributed by atoms with E-state index in [2.05, 4.69) is 48.5 Å². The molecule has 0 aliphatic rings. The van der Waals surface area contributed by atoms with Crippen molar-refractivity contribution in [2.45, 2.75) is 369 Å². The van der Waals surface area contributed by atoms with Crippen molar-refractivity contribution in [3.63, 3.8) is 0 Å².